The van der Waals surface area contributed by atoms with E-state index in [0.717, 1.165) is 11.1 Å². The second-order valence-electron chi connectivity index (χ2n) is 5.07. The molecule has 0 saturated carbocycles. The van der Waals surface area contributed by atoms with Crippen LogP contribution in [0, 0.1) is 13.8 Å². The smallest absolute Gasteiger partial charge is 0.306 e. The predicted octanol–water partition coefficient (Wildman–Crippen LogP) is 1.26. The lowest BCUT2D eigenvalue weighted by Gasteiger charge is -2.21. The number of hydrogen-bond acceptors (Lipinski definition) is 3. The minimum atomic E-state index is -1.46. The molecule has 0 heterocycles. The third-order valence-corrected chi connectivity index (χ3v) is 2.80. The summed E-state index contributed by atoms with van der Waals surface area (Å²) < 4.78 is 0. The van der Waals surface area contributed by atoms with Gasteiger partial charge in [-0.25, -0.2) is 0 Å². The molecule has 0 fully saturated rings. The van der Waals surface area contributed by atoms with E-state index in [1.165, 1.54) is 6.92 Å². The Hall–Kier alpha value is -1.88. The molecule has 5 nitrogen and oxygen atoms in total. The SMILES string of the molecule is Cc1ccc(C)c(C(=O)NCC(C)(O)CC(=O)O)c1. The molecule has 0 saturated heterocycles. The maximum Gasteiger partial charge on any atom is 0.306 e. The standard InChI is InChI=1S/C14H19NO4/c1-9-4-5-10(2)11(6-9)13(18)15-8-14(3,19)7-12(16)17/h4-6,19H,7-8H2,1-3H3,(H,15,18)(H,16,17). The number of carboxylic acids is 1. The van der Waals surface area contributed by atoms with Gasteiger partial charge in [-0.15, -0.1) is 0 Å². The van der Waals surface area contributed by atoms with Gasteiger partial charge in [-0.2, -0.15) is 0 Å². The molecule has 0 aliphatic heterocycles. The summed E-state index contributed by atoms with van der Waals surface area (Å²) in [5.41, 5.74) is 0.874. The van der Waals surface area contributed by atoms with Crippen molar-refractivity contribution >= 4 is 11.9 Å². The van der Waals surface area contributed by atoms with Crippen LogP contribution in [-0.2, 0) is 4.79 Å². The van der Waals surface area contributed by atoms with Crippen LogP contribution in [0.4, 0.5) is 0 Å². The van der Waals surface area contributed by atoms with Crippen LogP contribution in [0.2, 0.25) is 0 Å². The van der Waals surface area contributed by atoms with Gasteiger partial charge in [0.1, 0.15) is 0 Å². The van der Waals surface area contributed by atoms with E-state index >= 15 is 0 Å². The number of carboxylic acid groups (broad SMARTS) is 1. The van der Waals surface area contributed by atoms with Crippen LogP contribution in [0.25, 0.3) is 0 Å². The largest absolute Gasteiger partial charge is 0.481 e. The van der Waals surface area contributed by atoms with Crippen molar-refractivity contribution in [3.8, 4) is 0 Å². The van der Waals surface area contributed by atoms with Crippen LogP contribution < -0.4 is 5.32 Å². The van der Waals surface area contributed by atoms with Crippen molar-refractivity contribution in [2.45, 2.75) is 32.8 Å². The van der Waals surface area contributed by atoms with Crippen molar-refractivity contribution in [3.63, 3.8) is 0 Å². The van der Waals surface area contributed by atoms with Gasteiger partial charge in [0.2, 0.25) is 0 Å². The Kier molecular flexibility index (Phi) is 4.67. The van der Waals surface area contributed by atoms with Gasteiger partial charge in [0.05, 0.1) is 12.0 Å². The summed E-state index contributed by atoms with van der Waals surface area (Å²) in [7, 11) is 0. The maximum absolute atomic E-state index is 12.0. The molecule has 1 rings (SSSR count). The molecule has 3 N–H and O–H groups in total. The molecule has 104 valence electrons. The molecular formula is C14H19NO4. The molecule has 19 heavy (non-hydrogen) atoms. The van der Waals surface area contributed by atoms with Crippen molar-refractivity contribution in [1.82, 2.24) is 5.32 Å². The van der Waals surface area contributed by atoms with Crippen LogP contribution in [0.3, 0.4) is 0 Å². The highest BCUT2D eigenvalue weighted by molar-refractivity contribution is 5.95. The molecule has 1 aromatic carbocycles. The molecule has 0 bridgehead atoms. The predicted molar refractivity (Wildman–Crippen MR) is 71.1 cm³/mol. The molecule has 1 aromatic rings. The van der Waals surface area contributed by atoms with E-state index in [9.17, 15) is 14.7 Å². The van der Waals surface area contributed by atoms with Gasteiger partial charge in [-0.05, 0) is 32.4 Å². The van der Waals surface area contributed by atoms with Crippen LogP contribution in [0.15, 0.2) is 18.2 Å². The first-order chi connectivity index (χ1) is 8.71. The Morgan fingerprint density at radius 3 is 2.53 bits per heavy atom. The van der Waals surface area contributed by atoms with Crippen molar-refractivity contribution in [2.24, 2.45) is 0 Å². The molecule has 5 heteroatoms. The lowest BCUT2D eigenvalue weighted by atomic mass is 10.0. The first-order valence-electron chi connectivity index (χ1n) is 6.01. The highest BCUT2D eigenvalue weighted by atomic mass is 16.4. The first kappa shape index (κ1) is 15.2. The summed E-state index contributed by atoms with van der Waals surface area (Å²) in [4.78, 5) is 22.5. The highest BCUT2D eigenvalue weighted by Gasteiger charge is 2.25. The number of hydrogen-bond donors (Lipinski definition) is 3. The number of amides is 1. The van der Waals surface area contributed by atoms with Crippen LogP contribution in [0.1, 0.15) is 34.8 Å². The van der Waals surface area contributed by atoms with Gasteiger partial charge in [-0.1, -0.05) is 17.7 Å². The van der Waals surface area contributed by atoms with E-state index in [2.05, 4.69) is 5.32 Å². The molecule has 0 spiro atoms. The maximum atomic E-state index is 12.0. The van der Waals surface area contributed by atoms with E-state index in [4.69, 9.17) is 5.11 Å². The molecular weight excluding hydrogens is 246 g/mol. The molecule has 0 aromatic heterocycles. The van der Waals surface area contributed by atoms with Gasteiger partial charge < -0.3 is 15.5 Å². The number of aryl methyl sites for hydroxylation is 2. The van der Waals surface area contributed by atoms with Gasteiger partial charge in [-0.3, -0.25) is 9.59 Å². The average molecular weight is 265 g/mol. The van der Waals surface area contributed by atoms with Gasteiger partial charge in [0, 0.05) is 12.1 Å². The van der Waals surface area contributed by atoms with Gasteiger partial charge in [0.25, 0.3) is 5.91 Å². The topological polar surface area (TPSA) is 86.6 Å². The van der Waals surface area contributed by atoms with E-state index in [1.54, 1.807) is 6.07 Å². The molecule has 1 atom stereocenters. The van der Waals surface area contributed by atoms with Crippen LogP contribution >= 0.6 is 0 Å². The van der Waals surface area contributed by atoms with Crippen molar-refractivity contribution < 1.29 is 19.8 Å². The fraction of sp³-hybridized carbons (Fsp3) is 0.429. The van der Waals surface area contributed by atoms with Crippen molar-refractivity contribution in [3.05, 3.63) is 34.9 Å². The minimum Gasteiger partial charge on any atom is -0.481 e. The lowest BCUT2D eigenvalue weighted by Crippen LogP contribution is -2.42. The number of benzene rings is 1. The summed E-state index contributed by atoms with van der Waals surface area (Å²) in [6.45, 7) is 4.98. The normalized spacial score (nSPS) is 13.7. The number of nitrogens with one attached hydrogen (secondary N) is 1. The van der Waals surface area contributed by atoms with Gasteiger partial charge in [0.15, 0.2) is 0 Å². The summed E-state index contributed by atoms with van der Waals surface area (Å²) >= 11 is 0. The number of aliphatic carboxylic acids is 1. The van der Waals surface area contributed by atoms with E-state index in [0.29, 0.717) is 5.56 Å². The third kappa shape index (κ3) is 4.71. The Balaban J connectivity index is 2.70. The summed E-state index contributed by atoms with van der Waals surface area (Å²) in [5.74, 6) is -1.42. The zero-order valence-electron chi connectivity index (χ0n) is 11.4. The molecule has 1 amide bonds. The molecule has 1 unspecified atom stereocenters. The second-order valence-corrected chi connectivity index (χ2v) is 5.07. The fourth-order valence-corrected chi connectivity index (χ4v) is 1.73. The molecule has 0 aliphatic carbocycles. The number of carbonyl (C=O) groups excluding carboxylic acids is 1. The zero-order chi connectivity index (χ0) is 14.6. The summed E-state index contributed by atoms with van der Waals surface area (Å²) in [5, 5.41) is 21.0. The average Bonchev–Trinajstić information content (AvgIpc) is 2.27. The quantitative estimate of drug-likeness (QED) is 0.748. The Morgan fingerprint density at radius 2 is 1.95 bits per heavy atom. The van der Waals surface area contributed by atoms with Crippen molar-refractivity contribution in [1.29, 1.82) is 0 Å². The third-order valence-electron chi connectivity index (χ3n) is 2.80. The number of carbonyl (C=O) groups is 2. The Labute approximate surface area is 112 Å². The highest BCUT2D eigenvalue weighted by Crippen LogP contribution is 2.12. The summed E-state index contributed by atoms with van der Waals surface area (Å²) in [6.07, 6.45) is -0.417. The van der Waals surface area contributed by atoms with Crippen molar-refractivity contribution in [2.75, 3.05) is 6.54 Å². The number of rotatable bonds is 5. The zero-order valence-corrected chi connectivity index (χ0v) is 11.4. The van der Waals surface area contributed by atoms with Gasteiger partial charge >= 0.3 is 5.97 Å². The molecule has 0 aliphatic rings. The van der Waals surface area contributed by atoms with Crippen LogP contribution in [-0.4, -0.2) is 34.2 Å². The monoisotopic (exact) mass is 265 g/mol. The van der Waals surface area contributed by atoms with E-state index in [-0.39, 0.29) is 12.5 Å². The Morgan fingerprint density at radius 1 is 1.32 bits per heavy atom. The van der Waals surface area contributed by atoms with E-state index < -0.39 is 18.0 Å². The minimum absolute atomic E-state index is 0.106. The lowest BCUT2D eigenvalue weighted by molar-refractivity contribution is -0.141. The molecule has 0 radical (unpaired) electrons. The fourth-order valence-electron chi connectivity index (χ4n) is 1.73. The first-order valence-corrected chi connectivity index (χ1v) is 6.01. The Bertz CT molecular complexity index is 494. The summed E-state index contributed by atoms with van der Waals surface area (Å²) in [6, 6.07) is 5.52. The van der Waals surface area contributed by atoms with Crippen LogP contribution in [0.5, 0.6) is 0 Å². The van der Waals surface area contributed by atoms with E-state index in [1.807, 2.05) is 26.0 Å². The number of aliphatic hydroxyl groups is 1. The second kappa shape index (κ2) is 5.84.